The zero-order valence-electron chi connectivity index (χ0n) is 20.0. The Morgan fingerprint density at radius 2 is 1.92 bits per heavy atom. The average molecular weight is 491 g/mol. The van der Waals surface area contributed by atoms with Crippen LogP contribution in [0.3, 0.4) is 0 Å². The van der Waals surface area contributed by atoms with Crippen LogP contribution < -0.4 is 10.2 Å². The number of aromatic nitrogens is 2. The van der Waals surface area contributed by atoms with Gasteiger partial charge in [-0.25, -0.2) is 9.37 Å². The third-order valence-electron chi connectivity index (χ3n) is 7.45. The Balaban J connectivity index is 1.14. The van der Waals surface area contributed by atoms with Crippen LogP contribution in [-0.4, -0.2) is 69.7 Å². The standard InChI is InChI=1S/C26H27FN6O3/c1-15-8-18-17(12-29-24(18)28-11-15)13-31-4-6-32(7-5-31)22-9-16-14-33(26(36)19(16)10-20(22)27)21-2-3-23(34)30-25(21)35/h8-12,21H,2-7,13-14H2,1H3,(H,28,29)(H,30,34,35). The number of piperidine rings is 1. The molecule has 3 aromatic rings. The molecule has 3 amide bonds. The van der Waals surface area contributed by atoms with Crippen molar-refractivity contribution in [1.82, 2.24) is 25.1 Å². The quantitative estimate of drug-likeness (QED) is 0.543. The number of aryl methyl sites for hydroxylation is 1. The van der Waals surface area contributed by atoms with Crippen molar-refractivity contribution in [1.29, 1.82) is 0 Å². The fourth-order valence-electron chi connectivity index (χ4n) is 5.50. The highest BCUT2D eigenvalue weighted by molar-refractivity contribution is 6.05. The number of H-pyrrole nitrogens is 1. The van der Waals surface area contributed by atoms with Gasteiger partial charge in [-0.3, -0.25) is 24.6 Å². The summed E-state index contributed by atoms with van der Waals surface area (Å²) in [6, 6.07) is 4.48. The van der Waals surface area contributed by atoms with E-state index in [2.05, 4.69) is 26.3 Å². The number of aromatic amines is 1. The van der Waals surface area contributed by atoms with Crippen molar-refractivity contribution in [2.24, 2.45) is 0 Å². The van der Waals surface area contributed by atoms with E-state index in [1.54, 1.807) is 6.07 Å². The number of hydrogen-bond donors (Lipinski definition) is 2. The first-order valence-electron chi connectivity index (χ1n) is 12.2. The predicted molar refractivity (Wildman–Crippen MR) is 131 cm³/mol. The van der Waals surface area contributed by atoms with Crippen molar-refractivity contribution in [3.63, 3.8) is 0 Å². The summed E-state index contributed by atoms with van der Waals surface area (Å²) in [5, 5.41) is 3.43. The first-order valence-corrected chi connectivity index (χ1v) is 12.2. The summed E-state index contributed by atoms with van der Waals surface area (Å²) >= 11 is 0. The zero-order chi connectivity index (χ0) is 25.0. The number of halogens is 1. The van der Waals surface area contributed by atoms with Gasteiger partial charge in [0, 0.05) is 69.0 Å². The van der Waals surface area contributed by atoms with E-state index in [0.29, 0.717) is 29.9 Å². The number of anilines is 1. The van der Waals surface area contributed by atoms with Crippen LogP contribution in [0.2, 0.25) is 0 Å². The van der Waals surface area contributed by atoms with Gasteiger partial charge in [-0.1, -0.05) is 0 Å². The molecule has 6 rings (SSSR count). The van der Waals surface area contributed by atoms with Gasteiger partial charge in [0.05, 0.1) is 5.69 Å². The summed E-state index contributed by atoms with van der Waals surface area (Å²) < 4.78 is 15.2. The second-order valence-electron chi connectivity index (χ2n) is 9.85. The molecule has 0 aliphatic carbocycles. The molecular weight excluding hydrogens is 463 g/mol. The molecule has 3 aliphatic heterocycles. The fraction of sp³-hybridized carbons (Fsp3) is 0.385. The Morgan fingerprint density at radius 3 is 2.69 bits per heavy atom. The third-order valence-corrected chi connectivity index (χ3v) is 7.45. The number of imide groups is 1. The smallest absolute Gasteiger partial charge is 0.255 e. The van der Waals surface area contributed by atoms with E-state index in [4.69, 9.17) is 0 Å². The fourth-order valence-corrected chi connectivity index (χ4v) is 5.50. The van der Waals surface area contributed by atoms with Crippen LogP contribution >= 0.6 is 0 Å². The van der Waals surface area contributed by atoms with Crippen LogP contribution in [0.15, 0.2) is 30.6 Å². The maximum Gasteiger partial charge on any atom is 0.255 e. The molecule has 0 spiro atoms. The largest absolute Gasteiger partial charge is 0.367 e. The number of hydrogen-bond acceptors (Lipinski definition) is 6. The number of carbonyl (C=O) groups is 3. The van der Waals surface area contributed by atoms with Crippen LogP contribution in [0.5, 0.6) is 0 Å². The molecule has 2 saturated heterocycles. The number of benzene rings is 1. The van der Waals surface area contributed by atoms with Crippen molar-refractivity contribution < 1.29 is 18.8 Å². The van der Waals surface area contributed by atoms with Gasteiger partial charge in [-0.2, -0.15) is 0 Å². The second kappa shape index (κ2) is 8.70. The highest BCUT2D eigenvalue weighted by Gasteiger charge is 2.40. The summed E-state index contributed by atoms with van der Waals surface area (Å²) in [5.41, 5.74) is 4.70. The van der Waals surface area contributed by atoms with Crippen molar-refractivity contribution in [3.05, 3.63) is 58.7 Å². The number of carbonyl (C=O) groups excluding carboxylic acids is 3. The maximum atomic E-state index is 15.2. The number of fused-ring (bicyclic) bond motifs is 2. The molecule has 9 nitrogen and oxygen atoms in total. The van der Waals surface area contributed by atoms with Crippen LogP contribution in [0.4, 0.5) is 10.1 Å². The molecule has 2 fully saturated rings. The molecule has 3 aliphatic rings. The Morgan fingerprint density at radius 1 is 1.11 bits per heavy atom. The van der Waals surface area contributed by atoms with Gasteiger partial charge in [0.2, 0.25) is 11.8 Å². The molecule has 2 N–H and O–H groups in total. The van der Waals surface area contributed by atoms with Crippen LogP contribution in [0.1, 0.15) is 39.9 Å². The summed E-state index contributed by atoms with van der Waals surface area (Å²) in [4.78, 5) is 50.2. The molecule has 0 saturated carbocycles. The minimum atomic E-state index is -0.707. The Kier molecular flexibility index (Phi) is 5.48. The highest BCUT2D eigenvalue weighted by Crippen LogP contribution is 2.33. The second-order valence-corrected chi connectivity index (χ2v) is 9.85. The number of nitrogens with one attached hydrogen (secondary N) is 2. The Labute approximate surface area is 207 Å². The van der Waals surface area contributed by atoms with E-state index in [1.807, 2.05) is 24.2 Å². The molecule has 1 aromatic carbocycles. The van der Waals surface area contributed by atoms with Gasteiger partial charge < -0.3 is 14.8 Å². The van der Waals surface area contributed by atoms with Gasteiger partial charge in [-0.05, 0) is 48.2 Å². The van der Waals surface area contributed by atoms with Crippen LogP contribution in [-0.2, 0) is 22.7 Å². The van der Waals surface area contributed by atoms with E-state index in [9.17, 15) is 14.4 Å². The molecule has 1 atom stereocenters. The molecular formula is C26H27FN6O3. The Hall–Kier alpha value is -3.79. The Bertz CT molecular complexity index is 1390. The predicted octanol–water partition coefficient (Wildman–Crippen LogP) is 2.09. The van der Waals surface area contributed by atoms with E-state index in [0.717, 1.165) is 36.2 Å². The van der Waals surface area contributed by atoms with Gasteiger partial charge in [0.1, 0.15) is 17.5 Å². The topological polar surface area (TPSA) is 102 Å². The number of piperazine rings is 1. The summed E-state index contributed by atoms with van der Waals surface area (Å²) in [7, 11) is 0. The molecule has 2 aromatic heterocycles. The first kappa shape index (κ1) is 22.7. The van der Waals surface area contributed by atoms with E-state index < -0.39 is 17.8 Å². The van der Waals surface area contributed by atoms with Crippen molar-refractivity contribution >= 4 is 34.4 Å². The molecule has 0 bridgehead atoms. The number of nitrogens with zero attached hydrogens (tertiary/aromatic N) is 4. The zero-order valence-corrected chi connectivity index (χ0v) is 20.0. The first-order chi connectivity index (χ1) is 17.4. The SMILES string of the molecule is Cc1cnc2[nH]cc(CN3CCN(c4cc5c(cc4F)C(=O)N(C4CCC(=O)NC4=O)C5)CC3)c2c1. The van der Waals surface area contributed by atoms with E-state index in [-0.39, 0.29) is 31.2 Å². The normalized spacial score (nSPS) is 20.8. The highest BCUT2D eigenvalue weighted by atomic mass is 19.1. The van der Waals surface area contributed by atoms with E-state index in [1.165, 1.54) is 16.5 Å². The minimum Gasteiger partial charge on any atom is -0.367 e. The van der Waals surface area contributed by atoms with Crippen molar-refractivity contribution in [2.45, 2.75) is 38.9 Å². The van der Waals surface area contributed by atoms with Crippen LogP contribution in [0, 0.1) is 12.7 Å². The summed E-state index contributed by atoms with van der Waals surface area (Å²) in [6.07, 6.45) is 4.34. The number of pyridine rings is 1. The van der Waals surface area contributed by atoms with Gasteiger partial charge >= 0.3 is 0 Å². The molecule has 186 valence electrons. The lowest BCUT2D eigenvalue weighted by atomic mass is 10.0. The van der Waals surface area contributed by atoms with Gasteiger partial charge in [-0.15, -0.1) is 0 Å². The molecule has 1 unspecified atom stereocenters. The third kappa shape index (κ3) is 3.91. The lowest BCUT2D eigenvalue weighted by molar-refractivity contribution is -0.136. The monoisotopic (exact) mass is 490 g/mol. The average Bonchev–Trinajstić information content (AvgIpc) is 3.39. The van der Waals surface area contributed by atoms with Crippen molar-refractivity contribution in [3.8, 4) is 0 Å². The number of rotatable bonds is 4. The van der Waals surface area contributed by atoms with E-state index >= 15 is 4.39 Å². The number of amides is 3. The molecule has 10 heteroatoms. The maximum absolute atomic E-state index is 15.2. The van der Waals surface area contributed by atoms with Crippen molar-refractivity contribution in [2.75, 3.05) is 31.1 Å². The van der Waals surface area contributed by atoms with Gasteiger partial charge in [0.15, 0.2) is 0 Å². The summed E-state index contributed by atoms with van der Waals surface area (Å²) in [5.74, 6) is -1.59. The summed E-state index contributed by atoms with van der Waals surface area (Å²) in [6.45, 7) is 5.96. The lowest BCUT2D eigenvalue weighted by Crippen LogP contribution is -2.52. The minimum absolute atomic E-state index is 0.190. The lowest BCUT2D eigenvalue weighted by Gasteiger charge is -2.36. The van der Waals surface area contributed by atoms with Crippen LogP contribution in [0.25, 0.3) is 11.0 Å². The van der Waals surface area contributed by atoms with Gasteiger partial charge in [0.25, 0.3) is 5.91 Å². The molecule has 36 heavy (non-hydrogen) atoms. The molecule has 0 radical (unpaired) electrons. The molecule has 5 heterocycles.